The number of nitrogens with one attached hydrogen (secondary N) is 2. The zero-order valence-corrected chi connectivity index (χ0v) is 20.7. The lowest BCUT2D eigenvalue weighted by molar-refractivity contribution is -0.124. The first-order valence-electron chi connectivity index (χ1n) is 10.7. The highest BCUT2D eigenvalue weighted by Gasteiger charge is 2.29. The lowest BCUT2D eigenvalue weighted by Gasteiger charge is -2.26. The summed E-state index contributed by atoms with van der Waals surface area (Å²) in [6, 6.07) is -1.12. The van der Waals surface area contributed by atoms with E-state index in [-0.39, 0.29) is 36.1 Å². The summed E-state index contributed by atoms with van der Waals surface area (Å²) in [6.07, 6.45) is 0.473. The number of alkyl carbamates (subject to hydrolysis) is 1. The van der Waals surface area contributed by atoms with Gasteiger partial charge in [0, 0.05) is 5.38 Å². The molecule has 1 rings (SSSR count). The van der Waals surface area contributed by atoms with Crippen molar-refractivity contribution in [2.24, 2.45) is 11.8 Å². The Morgan fingerprint density at radius 2 is 1.68 bits per heavy atom. The van der Waals surface area contributed by atoms with E-state index in [1.165, 1.54) is 11.3 Å². The molecule has 1 aromatic rings. The van der Waals surface area contributed by atoms with Gasteiger partial charge in [-0.3, -0.25) is 4.79 Å². The molecule has 0 saturated carbocycles. The highest BCUT2D eigenvalue weighted by atomic mass is 32.1. The van der Waals surface area contributed by atoms with E-state index < -0.39 is 23.7 Å². The van der Waals surface area contributed by atoms with Crippen LogP contribution in [0.15, 0.2) is 5.38 Å². The minimum absolute atomic E-state index is 0.185. The molecule has 0 aromatic carbocycles. The Bertz CT molecular complexity index is 740. The van der Waals surface area contributed by atoms with Crippen LogP contribution in [0.3, 0.4) is 0 Å². The SMILES string of the molecule is CCOC(=O)c1csc(C(CC(C)C)NC(=O)C(CC(C)C)NC(=O)OC(C)(C)C)n1. The summed E-state index contributed by atoms with van der Waals surface area (Å²) in [7, 11) is 0. The Morgan fingerprint density at radius 1 is 1.06 bits per heavy atom. The van der Waals surface area contributed by atoms with Gasteiger partial charge in [-0.05, 0) is 52.4 Å². The molecule has 31 heavy (non-hydrogen) atoms. The molecular formula is C22H37N3O5S. The fourth-order valence-corrected chi connectivity index (χ4v) is 3.72. The summed E-state index contributed by atoms with van der Waals surface area (Å²) in [6.45, 7) is 15.4. The van der Waals surface area contributed by atoms with Crippen molar-refractivity contribution < 1.29 is 23.9 Å². The van der Waals surface area contributed by atoms with E-state index >= 15 is 0 Å². The third-order valence-corrected chi connectivity index (χ3v) is 5.00. The molecule has 0 radical (unpaired) electrons. The van der Waals surface area contributed by atoms with Gasteiger partial charge in [-0.15, -0.1) is 11.3 Å². The van der Waals surface area contributed by atoms with E-state index in [9.17, 15) is 14.4 Å². The van der Waals surface area contributed by atoms with Crippen LogP contribution in [0.4, 0.5) is 4.79 Å². The Morgan fingerprint density at radius 3 is 2.19 bits per heavy atom. The van der Waals surface area contributed by atoms with Crippen LogP contribution in [0.5, 0.6) is 0 Å². The van der Waals surface area contributed by atoms with Gasteiger partial charge in [0.2, 0.25) is 5.91 Å². The molecule has 2 amide bonds. The molecule has 0 spiro atoms. The quantitative estimate of drug-likeness (QED) is 0.504. The number of nitrogens with zero attached hydrogens (tertiary/aromatic N) is 1. The molecular weight excluding hydrogens is 418 g/mol. The molecule has 0 aliphatic heterocycles. The minimum Gasteiger partial charge on any atom is -0.461 e. The maximum atomic E-state index is 13.1. The van der Waals surface area contributed by atoms with Crippen LogP contribution in [-0.2, 0) is 14.3 Å². The van der Waals surface area contributed by atoms with Crippen molar-refractivity contribution in [3.8, 4) is 0 Å². The minimum atomic E-state index is -0.742. The first-order valence-corrected chi connectivity index (χ1v) is 11.6. The van der Waals surface area contributed by atoms with Crippen LogP contribution in [0.2, 0.25) is 0 Å². The van der Waals surface area contributed by atoms with Gasteiger partial charge < -0.3 is 20.1 Å². The van der Waals surface area contributed by atoms with Crippen LogP contribution in [0, 0.1) is 11.8 Å². The van der Waals surface area contributed by atoms with Gasteiger partial charge in [0.25, 0.3) is 0 Å². The van der Waals surface area contributed by atoms with Crippen LogP contribution in [-0.4, -0.2) is 41.2 Å². The number of aromatic nitrogens is 1. The molecule has 9 heteroatoms. The summed E-state index contributed by atoms with van der Waals surface area (Å²) in [5.41, 5.74) is -0.427. The van der Waals surface area contributed by atoms with Crippen molar-refractivity contribution in [3.05, 3.63) is 16.1 Å². The zero-order valence-electron chi connectivity index (χ0n) is 19.9. The first-order chi connectivity index (χ1) is 14.3. The second-order valence-corrected chi connectivity index (χ2v) is 10.2. The number of hydrogen-bond donors (Lipinski definition) is 2. The van der Waals surface area contributed by atoms with Gasteiger partial charge >= 0.3 is 12.1 Å². The topological polar surface area (TPSA) is 107 Å². The Labute approximate surface area is 189 Å². The van der Waals surface area contributed by atoms with Crippen molar-refractivity contribution >= 4 is 29.3 Å². The molecule has 0 saturated heterocycles. The molecule has 1 aromatic heterocycles. The lowest BCUT2D eigenvalue weighted by atomic mass is 10.0. The summed E-state index contributed by atoms with van der Waals surface area (Å²) >= 11 is 1.30. The summed E-state index contributed by atoms with van der Waals surface area (Å²) in [4.78, 5) is 41.7. The number of carbonyl (C=O) groups is 3. The molecule has 2 unspecified atom stereocenters. The highest BCUT2D eigenvalue weighted by Crippen LogP contribution is 2.25. The van der Waals surface area contributed by atoms with Gasteiger partial charge in [0.15, 0.2) is 5.69 Å². The lowest BCUT2D eigenvalue weighted by Crippen LogP contribution is -2.49. The van der Waals surface area contributed by atoms with Crippen LogP contribution in [0.25, 0.3) is 0 Å². The van der Waals surface area contributed by atoms with E-state index in [0.29, 0.717) is 17.8 Å². The van der Waals surface area contributed by atoms with Crippen LogP contribution in [0.1, 0.15) is 89.8 Å². The number of thiazole rings is 1. The summed E-state index contributed by atoms with van der Waals surface area (Å²) in [5.74, 6) is -0.325. The molecule has 0 aliphatic carbocycles. The van der Waals surface area contributed by atoms with Crippen molar-refractivity contribution in [2.45, 2.75) is 85.9 Å². The number of rotatable bonds is 10. The van der Waals surface area contributed by atoms with Gasteiger partial charge in [0.05, 0.1) is 12.6 Å². The highest BCUT2D eigenvalue weighted by molar-refractivity contribution is 7.09. The monoisotopic (exact) mass is 455 g/mol. The van der Waals surface area contributed by atoms with Crippen molar-refractivity contribution in [2.75, 3.05) is 6.61 Å². The Kier molecular flexibility index (Phi) is 10.4. The number of amides is 2. The fourth-order valence-electron chi connectivity index (χ4n) is 2.86. The molecule has 8 nitrogen and oxygen atoms in total. The van der Waals surface area contributed by atoms with E-state index in [0.717, 1.165) is 0 Å². The second-order valence-electron chi connectivity index (χ2n) is 9.31. The number of ether oxygens (including phenoxy) is 2. The molecule has 176 valence electrons. The number of carbonyl (C=O) groups excluding carboxylic acids is 3. The van der Waals surface area contributed by atoms with Crippen molar-refractivity contribution in [3.63, 3.8) is 0 Å². The molecule has 0 bridgehead atoms. The number of esters is 1. The zero-order chi connectivity index (χ0) is 23.8. The smallest absolute Gasteiger partial charge is 0.408 e. The Hall–Kier alpha value is -2.16. The maximum Gasteiger partial charge on any atom is 0.408 e. The third-order valence-electron chi connectivity index (χ3n) is 4.04. The largest absolute Gasteiger partial charge is 0.461 e. The predicted octanol–water partition coefficient (Wildman–Crippen LogP) is 4.46. The second kappa shape index (κ2) is 12.0. The predicted molar refractivity (Wildman–Crippen MR) is 121 cm³/mol. The normalized spacial score (nSPS) is 13.6. The fraction of sp³-hybridized carbons (Fsp3) is 0.727. The maximum absolute atomic E-state index is 13.1. The standard InChI is InChI=1S/C22H37N3O5S/c1-9-29-20(27)17-12-31-19(24-17)16(11-14(4)5)23-18(26)15(10-13(2)3)25-21(28)30-22(6,7)8/h12-16H,9-11H2,1-8H3,(H,23,26)(H,25,28). The average molecular weight is 456 g/mol. The molecule has 0 fully saturated rings. The van der Waals surface area contributed by atoms with E-state index in [4.69, 9.17) is 9.47 Å². The van der Waals surface area contributed by atoms with Gasteiger partial charge in [-0.2, -0.15) is 0 Å². The summed E-state index contributed by atoms with van der Waals surface area (Å²) < 4.78 is 10.3. The molecule has 2 atom stereocenters. The molecule has 1 heterocycles. The summed E-state index contributed by atoms with van der Waals surface area (Å²) in [5, 5.41) is 7.97. The first kappa shape index (κ1) is 26.9. The third kappa shape index (κ3) is 10.1. The van der Waals surface area contributed by atoms with Gasteiger partial charge in [0.1, 0.15) is 16.7 Å². The van der Waals surface area contributed by atoms with E-state index in [1.807, 2.05) is 27.7 Å². The van der Waals surface area contributed by atoms with Crippen molar-refractivity contribution in [1.82, 2.24) is 15.6 Å². The van der Waals surface area contributed by atoms with E-state index in [2.05, 4.69) is 15.6 Å². The average Bonchev–Trinajstić information content (AvgIpc) is 3.08. The van der Waals surface area contributed by atoms with Gasteiger partial charge in [-0.1, -0.05) is 27.7 Å². The van der Waals surface area contributed by atoms with Crippen LogP contribution < -0.4 is 10.6 Å². The van der Waals surface area contributed by atoms with Crippen molar-refractivity contribution in [1.29, 1.82) is 0 Å². The van der Waals surface area contributed by atoms with Gasteiger partial charge in [-0.25, -0.2) is 14.6 Å². The molecule has 0 aliphatic rings. The molecule has 2 N–H and O–H groups in total. The van der Waals surface area contributed by atoms with E-state index in [1.54, 1.807) is 33.1 Å². The Balaban J connectivity index is 3.00. The van der Waals surface area contributed by atoms with Crippen LogP contribution >= 0.6 is 11.3 Å². The number of hydrogen-bond acceptors (Lipinski definition) is 7.